The van der Waals surface area contributed by atoms with Crippen molar-refractivity contribution >= 4 is 18.0 Å². The molecule has 1 fully saturated rings. The molecule has 1 saturated heterocycles. The van der Waals surface area contributed by atoms with Crippen molar-refractivity contribution in [3.8, 4) is 0 Å². The van der Waals surface area contributed by atoms with Crippen molar-refractivity contribution in [2.45, 2.75) is 31.4 Å². The lowest BCUT2D eigenvalue weighted by Gasteiger charge is -2.36. The van der Waals surface area contributed by atoms with Gasteiger partial charge >= 0.3 is 12.1 Å². The van der Waals surface area contributed by atoms with Crippen molar-refractivity contribution < 1.29 is 23.9 Å². The van der Waals surface area contributed by atoms with Gasteiger partial charge in [-0.05, 0) is 12.0 Å². The van der Waals surface area contributed by atoms with Crippen LogP contribution in [-0.2, 0) is 25.7 Å². The lowest BCUT2D eigenvalue weighted by Crippen LogP contribution is -2.57. The second kappa shape index (κ2) is 7.62. The van der Waals surface area contributed by atoms with Crippen molar-refractivity contribution in [3.63, 3.8) is 0 Å². The average Bonchev–Trinajstić information content (AvgIpc) is 2.53. The van der Waals surface area contributed by atoms with E-state index in [1.807, 2.05) is 30.3 Å². The van der Waals surface area contributed by atoms with Gasteiger partial charge in [0, 0.05) is 6.54 Å². The number of esters is 1. The monoisotopic (exact) mass is 320 g/mol. The van der Waals surface area contributed by atoms with Crippen LogP contribution in [0.3, 0.4) is 0 Å². The fourth-order valence-corrected chi connectivity index (χ4v) is 2.53. The molecule has 2 N–H and O–H groups in total. The first-order chi connectivity index (χ1) is 11.0. The van der Waals surface area contributed by atoms with Crippen molar-refractivity contribution in [1.29, 1.82) is 0 Å². The lowest BCUT2D eigenvalue weighted by atomic mass is 9.85. The third-order valence-electron chi connectivity index (χ3n) is 3.72. The summed E-state index contributed by atoms with van der Waals surface area (Å²) in [6, 6.07) is 9.24. The highest BCUT2D eigenvalue weighted by Gasteiger charge is 2.40. The van der Waals surface area contributed by atoms with Crippen LogP contribution in [0.2, 0.25) is 0 Å². The molecule has 1 aliphatic rings. The highest BCUT2D eigenvalue weighted by Crippen LogP contribution is 2.24. The first-order valence-corrected chi connectivity index (χ1v) is 7.35. The van der Waals surface area contributed by atoms with E-state index in [0.29, 0.717) is 13.0 Å². The van der Waals surface area contributed by atoms with Gasteiger partial charge in [-0.1, -0.05) is 30.3 Å². The SMILES string of the molecule is COC(=O)CC1(NC(=O)OCc2ccccc2)CCNC(=O)C1. The molecule has 0 radical (unpaired) electrons. The molecular formula is C16H20N2O5. The normalized spacial score (nSPS) is 20.3. The molecule has 0 aromatic heterocycles. The van der Waals surface area contributed by atoms with Gasteiger partial charge in [0.25, 0.3) is 0 Å². The molecule has 1 unspecified atom stereocenters. The second-order valence-electron chi connectivity index (χ2n) is 5.50. The topological polar surface area (TPSA) is 93.7 Å². The second-order valence-corrected chi connectivity index (χ2v) is 5.50. The van der Waals surface area contributed by atoms with E-state index in [0.717, 1.165) is 5.56 Å². The first kappa shape index (κ1) is 16.8. The number of benzene rings is 1. The van der Waals surface area contributed by atoms with Crippen LogP contribution in [0, 0.1) is 0 Å². The molecule has 2 amide bonds. The van der Waals surface area contributed by atoms with Gasteiger partial charge in [0.1, 0.15) is 6.61 Å². The van der Waals surface area contributed by atoms with E-state index in [1.165, 1.54) is 7.11 Å². The van der Waals surface area contributed by atoms with Gasteiger partial charge in [-0.25, -0.2) is 4.79 Å². The van der Waals surface area contributed by atoms with E-state index in [4.69, 9.17) is 4.74 Å². The van der Waals surface area contributed by atoms with Crippen LogP contribution < -0.4 is 10.6 Å². The number of amides is 2. The predicted octanol–water partition coefficient (Wildman–Crippen LogP) is 1.12. The standard InChI is InChI=1S/C16H20N2O5/c1-22-14(20)10-16(7-8-17-13(19)9-16)18-15(21)23-11-12-5-3-2-4-6-12/h2-6H,7-11H2,1H3,(H,17,19)(H,18,21). The van der Waals surface area contributed by atoms with Gasteiger partial charge in [-0.15, -0.1) is 0 Å². The fourth-order valence-electron chi connectivity index (χ4n) is 2.53. The molecule has 2 rings (SSSR count). The van der Waals surface area contributed by atoms with E-state index in [1.54, 1.807) is 0 Å². The number of hydrogen-bond acceptors (Lipinski definition) is 5. The number of carbonyl (C=O) groups excluding carboxylic acids is 3. The molecule has 0 bridgehead atoms. The number of piperidine rings is 1. The van der Waals surface area contributed by atoms with E-state index in [9.17, 15) is 14.4 Å². The molecule has 7 heteroatoms. The molecule has 0 aliphatic carbocycles. The minimum atomic E-state index is -0.969. The van der Waals surface area contributed by atoms with Crippen molar-refractivity contribution in [3.05, 3.63) is 35.9 Å². The number of nitrogens with one attached hydrogen (secondary N) is 2. The smallest absolute Gasteiger partial charge is 0.407 e. The maximum atomic E-state index is 12.0. The summed E-state index contributed by atoms with van der Waals surface area (Å²) in [4.78, 5) is 35.3. The van der Waals surface area contributed by atoms with Crippen LogP contribution >= 0.6 is 0 Å². The predicted molar refractivity (Wildman–Crippen MR) is 81.4 cm³/mol. The van der Waals surface area contributed by atoms with Crippen LogP contribution in [0.15, 0.2) is 30.3 Å². The zero-order valence-corrected chi connectivity index (χ0v) is 13.0. The maximum Gasteiger partial charge on any atom is 0.407 e. The molecule has 1 aromatic rings. The van der Waals surface area contributed by atoms with Gasteiger partial charge in [-0.3, -0.25) is 9.59 Å². The first-order valence-electron chi connectivity index (χ1n) is 7.35. The summed E-state index contributed by atoms with van der Waals surface area (Å²) < 4.78 is 9.83. The number of methoxy groups -OCH3 is 1. The van der Waals surface area contributed by atoms with E-state index >= 15 is 0 Å². The van der Waals surface area contributed by atoms with E-state index in [-0.39, 0.29) is 25.4 Å². The molecule has 124 valence electrons. The number of carbonyl (C=O) groups is 3. The molecule has 1 aromatic carbocycles. The summed E-state index contributed by atoms with van der Waals surface area (Å²) in [5, 5.41) is 5.35. The van der Waals surface area contributed by atoms with E-state index < -0.39 is 17.6 Å². The third-order valence-corrected chi connectivity index (χ3v) is 3.72. The molecule has 1 heterocycles. The number of ether oxygens (including phenoxy) is 2. The molecule has 7 nitrogen and oxygen atoms in total. The van der Waals surface area contributed by atoms with Gasteiger partial charge < -0.3 is 20.1 Å². The lowest BCUT2D eigenvalue weighted by molar-refractivity contribution is -0.143. The summed E-state index contributed by atoms with van der Waals surface area (Å²) in [7, 11) is 1.27. The van der Waals surface area contributed by atoms with E-state index in [2.05, 4.69) is 15.4 Å². The Morgan fingerprint density at radius 2 is 2.04 bits per heavy atom. The zero-order valence-electron chi connectivity index (χ0n) is 13.0. The Kier molecular flexibility index (Phi) is 5.56. The van der Waals surface area contributed by atoms with Crippen molar-refractivity contribution in [2.75, 3.05) is 13.7 Å². The van der Waals surface area contributed by atoms with Crippen LogP contribution in [0.1, 0.15) is 24.8 Å². The summed E-state index contributed by atoms with van der Waals surface area (Å²) in [5.74, 6) is -0.702. The Hall–Kier alpha value is -2.57. The summed E-state index contributed by atoms with van der Waals surface area (Å²) in [5.41, 5.74) is -0.116. The van der Waals surface area contributed by atoms with Gasteiger partial charge in [0.15, 0.2) is 0 Å². The number of rotatable bonds is 5. The Morgan fingerprint density at radius 1 is 1.30 bits per heavy atom. The Labute approximate surface area is 134 Å². The Morgan fingerprint density at radius 3 is 2.70 bits per heavy atom. The van der Waals surface area contributed by atoms with Gasteiger partial charge in [0.2, 0.25) is 5.91 Å². The summed E-state index contributed by atoms with van der Waals surface area (Å²) >= 11 is 0. The van der Waals surface area contributed by atoms with Crippen molar-refractivity contribution in [2.24, 2.45) is 0 Å². The van der Waals surface area contributed by atoms with Crippen LogP contribution in [0.4, 0.5) is 4.79 Å². The highest BCUT2D eigenvalue weighted by atomic mass is 16.5. The van der Waals surface area contributed by atoms with Gasteiger partial charge in [0.05, 0.1) is 25.5 Å². The number of hydrogen-bond donors (Lipinski definition) is 2. The van der Waals surface area contributed by atoms with Gasteiger partial charge in [-0.2, -0.15) is 0 Å². The fraction of sp³-hybridized carbons (Fsp3) is 0.438. The molecule has 23 heavy (non-hydrogen) atoms. The molecule has 0 saturated carbocycles. The van der Waals surface area contributed by atoms with Crippen molar-refractivity contribution in [1.82, 2.24) is 10.6 Å². The van der Waals surface area contributed by atoms with Crippen LogP contribution in [0.25, 0.3) is 0 Å². The Balaban J connectivity index is 1.97. The molecular weight excluding hydrogens is 300 g/mol. The zero-order chi connectivity index (χ0) is 16.7. The Bertz CT molecular complexity index is 575. The van der Waals surface area contributed by atoms with Crippen LogP contribution in [-0.4, -0.2) is 37.2 Å². The summed E-state index contributed by atoms with van der Waals surface area (Å²) in [6.07, 6.45) is -0.277. The average molecular weight is 320 g/mol. The summed E-state index contributed by atoms with van der Waals surface area (Å²) in [6.45, 7) is 0.502. The minimum Gasteiger partial charge on any atom is -0.469 e. The quantitative estimate of drug-likeness (QED) is 0.793. The molecule has 1 atom stereocenters. The molecule has 1 aliphatic heterocycles. The highest BCUT2D eigenvalue weighted by molar-refractivity contribution is 5.82. The third kappa shape index (κ3) is 4.98. The largest absolute Gasteiger partial charge is 0.469 e. The minimum absolute atomic E-state index is 0.0164. The van der Waals surface area contributed by atoms with Crippen LogP contribution in [0.5, 0.6) is 0 Å². The molecule has 0 spiro atoms. The number of alkyl carbamates (subject to hydrolysis) is 1. The maximum absolute atomic E-state index is 12.0.